The topological polar surface area (TPSA) is 79.4 Å². The third kappa shape index (κ3) is 2.13. The number of hydrogen-bond acceptors (Lipinski definition) is 4. The Morgan fingerprint density at radius 2 is 2.26 bits per heavy atom. The molecule has 5 nitrogen and oxygen atoms in total. The number of nitrogens with zero attached hydrogens (tertiary/aromatic N) is 2. The van der Waals surface area contributed by atoms with E-state index in [0.29, 0.717) is 24.9 Å². The molecule has 3 N–H and O–H groups in total. The van der Waals surface area contributed by atoms with Gasteiger partial charge in [-0.2, -0.15) is 0 Å². The second kappa shape index (κ2) is 4.51. The molecule has 1 unspecified atom stereocenters. The Morgan fingerprint density at radius 1 is 1.42 bits per heavy atom. The predicted molar refractivity (Wildman–Crippen MR) is 71.4 cm³/mol. The molecule has 1 aliphatic heterocycles. The Balaban J connectivity index is 1.90. The van der Waals surface area contributed by atoms with Crippen LogP contribution in [-0.4, -0.2) is 33.5 Å². The molecule has 0 saturated carbocycles. The molecule has 0 spiro atoms. The quantitative estimate of drug-likeness (QED) is 0.841. The largest absolute Gasteiger partial charge is 0.493 e. The molecular weight excluding hydrogens is 242 g/mol. The molecule has 1 atom stereocenters. The van der Waals surface area contributed by atoms with Gasteiger partial charge in [-0.15, -0.1) is 0 Å². The lowest BCUT2D eigenvalue weighted by Gasteiger charge is -2.16. The van der Waals surface area contributed by atoms with Crippen molar-refractivity contribution in [3.63, 3.8) is 0 Å². The van der Waals surface area contributed by atoms with Crippen LogP contribution in [0.5, 0.6) is 5.88 Å². The molecule has 2 aromatic rings. The van der Waals surface area contributed by atoms with Gasteiger partial charge in [-0.05, 0) is 29.5 Å². The SMILES string of the molecule is NC1CCN(Cc2ccc3ccnc(O)c3c2)C1=O. The van der Waals surface area contributed by atoms with E-state index in [4.69, 9.17) is 5.73 Å². The van der Waals surface area contributed by atoms with Crippen LogP contribution in [0.1, 0.15) is 12.0 Å². The van der Waals surface area contributed by atoms with Crippen LogP contribution in [0.3, 0.4) is 0 Å². The zero-order chi connectivity index (χ0) is 13.4. The summed E-state index contributed by atoms with van der Waals surface area (Å²) in [6, 6.07) is 7.23. The number of hydrogen-bond donors (Lipinski definition) is 2. The van der Waals surface area contributed by atoms with Gasteiger partial charge in [0.15, 0.2) is 0 Å². The fourth-order valence-electron chi connectivity index (χ4n) is 2.44. The lowest BCUT2D eigenvalue weighted by atomic mass is 10.1. The molecule has 1 aliphatic rings. The number of aromatic nitrogens is 1. The summed E-state index contributed by atoms with van der Waals surface area (Å²) in [5, 5.41) is 11.4. The highest BCUT2D eigenvalue weighted by Crippen LogP contribution is 2.24. The zero-order valence-electron chi connectivity index (χ0n) is 10.4. The highest BCUT2D eigenvalue weighted by molar-refractivity contribution is 5.87. The van der Waals surface area contributed by atoms with Crippen LogP contribution < -0.4 is 5.73 Å². The van der Waals surface area contributed by atoms with Gasteiger partial charge in [0.2, 0.25) is 11.8 Å². The van der Waals surface area contributed by atoms with E-state index in [9.17, 15) is 9.90 Å². The van der Waals surface area contributed by atoms with E-state index in [-0.39, 0.29) is 17.8 Å². The summed E-state index contributed by atoms with van der Waals surface area (Å²) < 4.78 is 0. The molecule has 1 aromatic carbocycles. The summed E-state index contributed by atoms with van der Waals surface area (Å²) in [6.45, 7) is 1.22. The van der Waals surface area contributed by atoms with E-state index in [1.54, 1.807) is 11.1 Å². The minimum atomic E-state index is -0.365. The van der Waals surface area contributed by atoms with Crippen molar-refractivity contribution in [3.8, 4) is 5.88 Å². The number of nitrogens with two attached hydrogens (primary N) is 1. The van der Waals surface area contributed by atoms with Crippen LogP contribution in [0.4, 0.5) is 0 Å². The van der Waals surface area contributed by atoms with Crippen molar-refractivity contribution in [1.82, 2.24) is 9.88 Å². The van der Waals surface area contributed by atoms with Gasteiger partial charge in [0.25, 0.3) is 0 Å². The standard InChI is InChI=1S/C14H15N3O2/c15-12-4-6-17(14(12)19)8-9-1-2-10-3-5-16-13(18)11(10)7-9/h1-3,5,7,12H,4,6,8,15H2,(H,16,18). The number of carbonyl (C=O) groups is 1. The smallest absolute Gasteiger partial charge is 0.239 e. The first-order valence-electron chi connectivity index (χ1n) is 6.26. The van der Waals surface area contributed by atoms with Gasteiger partial charge in [-0.3, -0.25) is 4.79 Å². The molecule has 98 valence electrons. The number of amides is 1. The van der Waals surface area contributed by atoms with Crippen molar-refractivity contribution in [2.24, 2.45) is 5.73 Å². The van der Waals surface area contributed by atoms with Crippen LogP contribution in [-0.2, 0) is 11.3 Å². The second-order valence-electron chi connectivity index (χ2n) is 4.85. The first kappa shape index (κ1) is 11.9. The number of rotatable bonds is 2. The number of fused-ring (bicyclic) bond motifs is 1. The molecule has 0 radical (unpaired) electrons. The van der Waals surface area contributed by atoms with Gasteiger partial charge in [0.1, 0.15) is 0 Å². The third-order valence-corrected chi connectivity index (χ3v) is 3.52. The van der Waals surface area contributed by atoms with Gasteiger partial charge < -0.3 is 15.7 Å². The minimum absolute atomic E-state index is 0.00416. The van der Waals surface area contributed by atoms with Gasteiger partial charge in [-0.25, -0.2) is 4.98 Å². The van der Waals surface area contributed by atoms with Crippen molar-refractivity contribution in [2.45, 2.75) is 19.0 Å². The fraction of sp³-hybridized carbons (Fsp3) is 0.286. The lowest BCUT2D eigenvalue weighted by molar-refractivity contribution is -0.129. The van der Waals surface area contributed by atoms with Crippen LogP contribution in [0.15, 0.2) is 30.5 Å². The summed E-state index contributed by atoms with van der Waals surface area (Å²) in [5.41, 5.74) is 6.67. The van der Waals surface area contributed by atoms with E-state index in [1.165, 1.54) is 0 Å². The van der Waals surface area contributed by atoms with Crippen LogP contribution in [0.2, 0.25) is 0 Å². The van der Waals surface area contributed by atoms with E-state index < -0.39 is 0 Å². The van der Waals surface area contributed by atoms with Gasteiger partial charge >= 0.3 is 0 Å². The molecule has 19 heavy (non-hydrogen) atoms. The van der Waals surface area contributed by atoms with E-state index in [0.717, 1.165) is 10.9 Å². The molecule has 1 aromatic heterocycles. The van der Waals surface area contributed by atoms with E-state index in [1.807, 2.05) is 24.3 Å². The Kier molecular flexibility index (Phi) is 2.83. The molecule has 2 heterocycles. The molecule has 0 aliphatic carbocycles. The molecule has 1 saturated heterocycles. The first-order chi connectivity index (χ1) is 9.15. The first-order valence-corrected chi connectivity index (χ1v) is 6.26. The highest BCUT2D eigenvalue weighted by atomic mass is 16.3. The van der Waals surface area contributed by atoms with Crippen molar-refractivity contribution >= 4 is 16.7 Å². The Morgan fingerprint density at radius 3 is 3.00 bits per heavy atom. The van der Waals surface area contributed by atoms with Crippen LogP contribution >= 0.6 is 0 Å². The second-order valence-corrected chi connectivity index (χ2v) is 4.85. The summed E-state index contributed by atoms with van der Waals surface area (Å²) in [4.78, 5) is 17.4. The van der Waals surface area contributed by atoms with Crippen molar-refractivity contribution in [1.29, 1.82) is 0 Å². The summed E-state index contributed by atoms with van der Waals surface area (Å²) in [5.74, 6) is 0.0132. The van der Waals surface area contributed by atoms with Gasteiger partial charge in [0.05, 0.1) is 6.04 Å². The van der Waals surface area contributed by atoms with Crippen molar-refractivity contribution in [2.75, 3.05) is 6.54 Å². The summed E-state index contributed by atoms with van der Waals surface area (Å²) in [6.07, 6.45) is 2.28. The Bertz CT molecular complexity index is 642. The predicted octanol–water partition coefficient (Wildman–Crippen LogP) is 1.000. The van der Waals surface area contributed by atoms with Gasteiger partial charge in [0, 0.05) is 24.7 Å². The number of pyridine rings is 1. The Labute approximate surface area is 110 Å². The lowest BCUT2D eigenvalue weighted by Crippen LogP contribution is -2.33. The average Bonchev–Trinajstić information content (AvgIpc) is 2.72. The van der Waals surface area contributed by atoms with Crippen LogP contribution in [0.25, 0.3) is 10.8 Å². The Hall–Kier alpha value is -2.14. The third-order valence-electron chi connectivity index (χ3n) is 3.52. The van der Waals surface area contributed by atoms with E-state index in [2.05, 4.69) is 4.98 Å². The molecule has 3 rings (SSSR count). The molecule has 1 amide bonds. The van der Waals surface area contributed by atoms with Gasteiger partial charge in [-0.1, -0.05) is 12.1 Å². The molecule has 1 fully saturated rings. The number of likely N-dealkylation sites (tertiary alicyclic amines) is 1. The highest BCUT2D eigenvalue weighted by Gasteiger charge is 2.28. The molecular formula is C14H15N3O2. The summed E-state index contributed by atoms with van der Waals surface area (Å²) in [7, 11) is 0. The van der Waals surface area contributed by atoms with Crippen LogP contribution in [0, 0.1) is 0 Å². The monoisotopic (exact) mass is 257 g/mol. The maximum atomic E-state index is 11.8. The normalized spacial score (nSPS) is 19.3. The molecule has 5 heteroatoms. The maximum absolute atomic E-state index is 11.8. The number of aromatic hydroxyl groups is 1. The molecule has 0 bridgehead atoms. The maximum Gasteiger partial charge on any atom is 0.239 e. The fourth-order valence-corrected chi connectivity index (χ4v) is 2.44. The van der Waals surface area contributed by atoms with E-state index >= 15 is 0 Å². The van der Waals surface area contributed by atoms with Crippen molar-refractivity contribution in [3.05, 3.63) is 36.0 Å². The minimum Gasteiger partial charge on any atom is -0.493 e. The number of carbonyl (C=O) groups excluding carboxylic acids is 1. The number of benzene rings is 1. The average molecular weight is 257 g/mol. The van der Waals surface area contributed by atoms with Crippen molar-refractivity contribution < 1.29 is 9.90 Å². The zero-order valence-corrected chi connectivity index (χ0v) is 10.4. The summed E-state index contributed by atoms with van der Waals surface area (Å²) >= 11 is 0.